The standard InChI is InChI=1S/C34H40ClN3O6/c1-43-34(42)28-16-17-31(39)38(20-18-24-10-4-2-5-11-24)19-8-9-21-44-30-23-26(35)14-15-27(30)32(40)37-29(33(41)36-28)22-25-12-6-3-7-13-25/h2-7,10-13,23,28-29H,8-9,14-22H2,1H3,(H,36,41)(H,37,40). The summed E-state index contributed by atoms with van der Waals surface area (Å²) in [7, 11) is 1.24. The summed E-state index contributed by atoms with van der Waals surface area (Å²) in [6, 6.07) is 17.2. The van der Waals surface area contributed by atoms with Gasteiger partial charge in [-0.3, -0.25) is 14.4 Å². The van der Waals surface area contributed by atoms with Crippen molar-refractivity contribution in [3.8, 4) is 0 Å². The lowest BCUT2D eigenvalue weighted by Gasteiger charge is -2.25. The van der Waals surface area contributed by atoms with Crippen LogP contribution in [0.1, 0.15) is 49.7 Å². The monoisotopic (exact) mass is 621 g/mol. The Labute approximate surface area is 263 Å². The third-order valence-corrected chi connectivity index (χ3v) is 8.07. The Hall–Kier alpha value is -4.11. The SMILES string of the molecule is COC(=O)C1CCC(=O)N(CCc2ccccc2)CCCCOC2=C(CCC(Cl)=C2)C(=O)NC(Cc2ccccc2)C(=O)N1. The number of benzene rings is 2. The van der Waals surface area contributed by atoms with Crippen LogP contribution < -0.4 is 10.6 Å². The maximum Gasteiger partial charge on any atom is 0.328 e. The van der Waals surface area contributed by atoms with E-state index in [1.165, 1.54) is 7.11 Å². The van der Waals surface area contributed by atoms with Crippen LogP contribution in [0.25, 0.3) is 0 Å². The summed E-state index contributed by atoms with van der Waals surface area (Å²) in [5, 5.41) is 6.19. The average molecular weight is 622 g/mol. The maximum absolute atomic E-state index is 13.7. The highest BCUT2D eigenvalue weighted by atomic mass is 35.5. The molecule has 1 aliphatic carbocycles. The number of nitrogens with zero attached hydrogens (tertiary/aromatic N) is 1. The zero-order chi connectivity index (χ0) is 31.3. The molecular weight excluding hydrogens is 582 g/mol. The van der Waals surface area contributed by atoms with Gasteiger partial charge in [-0.2, -0.15) is 0 Å². The molecule has 0 radical (unpaired) electrons. The van der Waals surface area contributed by atoms with Gasteiger partial charge < -0.3 is 25.0 Å². The second-order valence-electron chi connectivity index (χ2n) is 10.9. The number of hydrogen-bond acceptors (Lipinski definition) is 6. The van der Waals surface area contributed by atoms with Crippen molar-refractivity contribution in [1.82, 2.24) is 15.5 Å². The van der Waals surface area contributed by atoms with E-state index in [1.54, 1.807) is 11.0 Å². The van der Waals surface area contributed by atoms with Gasteiger partial charge in [0.15, 0.2) is 0 Å². The quantitative estimate of drug-likeness (QED) is 0.468. The van der Waals surface area contributed by atoms with Crippen molar-refractivity contribution in [3.63, 3.8) is 0 Å². The molecule has 1 aliphatic heterocycles. The zero-order valence-corrected chi connectivity index (χ0v) is 25.8. The van der Waals surface area contributed by atoms with Crippen molar-refractivity contribution >= 4 is 35.3 Å². The minimum atomic E-state index is -1.06. The number of carbonyl (C=O) groups is 4. The summed E-state index contributed by atoms with van der Waals surface area (Å²) in [5.74, 6) is -1.38. The number of methoxy groups -OCH3 is 1. The van der Waals surface area contributed by atoms with E-state index in [1.807, 2.05) is 60.7 Å². The van der Waals surface area contributed by atoms with Gasteiger partial charge in [-0.05, 0) is 55.7 Å². The third-order valence-electron chi connectivity index (χ3n) is 7.77. The van der Waals surface area contributed by atoms with E-state index in [0.29, 0.717) is 68.2 Å². The number of ether oxygens (including phenoxy) is 2. The Balaban J connectivity index is 1.60. The second kappa shape index (κ2) is 16.7. The minimum Gasteiger partial charge on any atom is -0.493 e. The molecule has 0 spiro atoms. The summed E-state index contributed by atoms with van der Waals surface area (Å²) in [6.45, 7) is 1.36. The van der Waals surface area contributed by atoms with Gasteiger partial charge in [0.05, 0.1) is 19.3 Å². The Kier molecular flexibility index (Phi) is 12.4. The van der Waals surface area contributed by atoms with E-state index >= 15 is 0 Å². The fourth-order valence-electron chi connectivity index (χ4n) is 5.27. The molecule has 0 bridgehead atoms. The molecule has 1 heterocycles. The molecule has 4 rings (SSSR count). The van der Waals surface area contributed by atoms with Crippen LogP contribution in [0.15, 0.2) is 83.1 Å². The molecule has 0 saturated carbocycles. The molecule has 0 fully saturated rings. The molecule has 2 aromatic carbocycles. The lowest BCUT2D eigenvalue weighted by atomic mass is 10.00. The van der Waals surface area contributed by atoms with Gasteiger partial charge in [-0.1, -0.05) is 72.3 Å². The first-order valence-electron chi connectivity index (χ1n) is 15.1. The predicted molar refractivity (Wildman–Crippen MR) is 167 cm³/mol. The van der Waals surface area contributed by atoms with Gasteiger partial charge in [0.2, 0.25) is 11.8 Å². The molecule has 234 valence electrons. The van der Waals surface area contributed by atoms with Gasteiger partial charge in [-0.15, -0.1) is 0 Å². The van der Waals surface area contributed by atoms with E-state index in [0.717, 1.165) is 11.1 Å². The molecule has 10 heteroatoms. The van der Waals surface area contributed by atoms with Gasteiger partial charge in [0.25, 0.3) is 5.91 Å². The highest BCUT2D eigenvalue weighted by Crippen LogP contribution is 2.27. The maximum atomic E-state index is 13.7. The Morgan fingerprint density at radius 2 is 1.66 bits per heavy atom. The Morgan fingerprint density at radius 3 is 2.36 bits per heavy atom. The van der Waals surface area contributed by atoms with Gasteiger partial charge in [-0.25, -0.2) is 4.79 Å². The first-order chi connectivity index (χ1) is 21.3. The fourth-order valence-corrected chi connectivity index (χ4v) is 5.47. The molecule has 9 nitrogen and oxygen atoms in total. The van der Waals surface area contributed by atoms with Crippen molar-refractivity contribution in [2.75, 3.05) is 26.8 Å². The fraction of sp³-hybridized carbons (Fsp3) is 0.412. The van der Waals surface area contributed by atoms with Crippen molar-refractivity contribution in [2.45, 2.75) is 63.5 Å². The molecular formula is C34H40ClN3O6. The van der Waals surface area contributed by atoms with Crippen molar-refractivity contribution < 1.29 is 28.7 Å². The lowest BCUT2D eigenvalue weighted by molar-refractivity contribution is -0.146. The largest absolute Gasteiger partial charge is 0.493 e. The first-order valence-corrected chi connectivity index (χ1v) is 15.5. The van der Waals surface area contributed by atoms with Crippen LogP contribution in [0.5, 0.6) is 0 Å². The number of amides is 3. The molecule has 2 aliphatic rings. The zero-order valence-electron chi connectivity index (χ0n) is 25.1. The summed E-state index contributed by atoms with van der Waals surface area (Å²) in [6.07, 6.45) is 4.82. The molecule has 2 N–H and O–H groups in total. The van der Waals surface area contributed by atoms with Crippen LogP contribution in [0.3, 0.4) is 0 Å². The highest BCUT2D eigenvalue weighted by Gasteiger charge is 2.30. The lowest BCUT2D eigenvalue weighted by Crippen LogP contribution is -2.53. The van der Waals surface area contributed by atoms with Crippen molar-refractivity contribution in [3.05, 3.63) is 94.2 Å². The van der Waals surface area contributed by atoms with E-state index in [9.17, 15) is 19.2 Å². The molecule has 2 atom stereocenters. The number of nitrogens with one attached hydrogen (secondary N) is 2. The van der Waals surface area contributed by atoms with E-state index < -0.39 is 29.9 Å². The number of esters is 1. The minimum absolute atomic E-state index is 0.0419. The molecule has 2 aromatic rings. The van der Waals surface area contributed by atoms with Gasteiger partial charge >= 0.3 is 5.97 Å². The van der Waals surface area contributed by atoms with Gasteiger partial charge in [0, 0.05) is 31.0 Å². The predicted octanol–water partition coefficient (Wildman–Crippen LogP) is 4.20. The molecule has 44 heavy (non-hydrogen) atoms. The molecule has 3 amide bonds. The number of halogens is 1. The van der Waals surface area contributed by atoms with E-state index in [-0.39, 0.29) is 25.2 Å². The first kappa shape index (κ1) is 32.8. The molecule has 0 aromatic heterocycles. The van der Waals surface area contributed by atoms with Crippen molar-refractivity contribution in [1.29, 1.82) is 0 Å². The molecule has 0 saturated heterocycles. The van der Waals surface area contributed by atoms with Gasteiger partial charge in [0.1, 0.15) is 17.8 Å². The third kappa shape index (κ3) is 9.71. The van der Waals surface area contributed by atoms with Crippen molar-refractivity contribution in [2.24, 2.45) is 0 Å². The van der Waals surface area contributed by atoms with E-state index in [4.69, 9.17) is 21.1 Å². The van der Waals surface area contributed by atoms with Crippen LogP contribution in [0, 0.1) is 0 Å². The highest BCUT2D eigenvalue weighted by molar-refractivity contribution is 6.30. The number of allylic oxidation sites excluding steroid dienone is 2. The average Bonchev–Trinajstić information content (AvgIpc) is 3.04. The number of rotatable bonds is 6. The van der Waals surface area contributed by atoms with Crippen LogP contribution >= 0.6 is 11.6 Å². The summed E-state index contributed by atoms with van der Waals surface area (Å²) >= 11 is 6.32. The van der Waals surface area contributed by atoms with E-state index in [2.05, 4.69) is 10.6 Å². The number of hydrogen-bond donors (Lipinski definition) is 2. The summed E-state index contributed by atoms with van der Waals surface area (Å²) in [5.41, 5.74) is 2.36. The normalized spacial score (nSPS) is 20.8. The Bertz CT molecular complexity index is 1360. The van der Waals surface area contributed by atoms with Crippen LogP contribution in [-0.4, -0.2) is 67.5 Å². The topological polar surface area (TPSA) is 114 Å². The van der Waals surface area contributed by atoms with Crippen LogP contribution in [-0.2, 0) is 41.5 Å². The summed E-state index contributed by atoms with van der Waals surface area (Å²) in [4.78, 5) is 55.2. The smallest absolute Gasteiger partial charge is 0.328 e. The number of carbonyl (C=O) groups excluding carboxylic acids is 4. The van der Waals surface area contributed by atoms with Crippen LogP contribution in [0.4, 0.5) is 0 Å². The summed E-state index contributed by atoms with van der Waals surface area (Å²) < 4.78 is 11.0. The van der Waals surface area contributed by atoms with Crippen LogP contribution in [0.2, 0.25) is 0 Å². The second-order valence-corrected chi connectivity index (χ2v) is 11.4. The molecule has 2 unspecified atom stereocenters. The Morgan fingerprint density at radius 1 is 0.955 bits per heavy atom.